The van der Waals surface area contributed by atoms with Crippen LogP contribution in [-0.4, -0.2) is 31.0 Å². The number of carbonyl (C=O) groups is 3. The molecule has 3 N–H and O–H groups in total. The molecule has 0 spiro atoms. The van der Waals surface area contributed by atoms with E-state index in [2.05, 4.69) is 22.9 Å². The Kier molecular flexibility index (Phi) is 12.2. The van der Waals surface area contributed by atoms with E-state index in [0.29, 0.717) is 36.6 Å². The van der Waals surface area contributed by atoms with Gasteiger partial charge in [0.25, 0.3) is 0 Å². The standard InChI is InChI=1S/C30H35N3O6/c1-2-3-13-23(22-31-28(34)37-24-14-7-4-8-15-24)20-21-27(32-29(35)38-25-16-9-5-10-17-25)33-30(36)39-26-18-11-6-12-19-26/h4-12,14-19,23,27H,2-3,13,20-22H2,1H3,(H,31,34)(H,32,35)(H,33,36). The van der Waals surface area contributed by atoms with Crippen LogP contribution in [0.3, 0.4) is 0 Å². The molecule has 3 rings (SSSR count). The summed E-state index contributed by atoms with van der Waals surface area (Å²) in [5.41, 5.74) is 0. The zero-order chi connectivity index (χ0) is 27.7. The van der Waals surface area contributed by atoms with Gasteiger partial charge in [-0.25, -0.2) is 14.4 Å². The monoisotopic (exact) mass is 533 g/mol. The molecule has 3 aromatic carbocycles. The summed E-state index contributed by atoms with van der Waals surface area (Å²) in [7, 11) is 0. The van der Waals surface area contributed by atoms with Crippen LogP contribution in [0.1, 0.15) is 39.0 Å². The van der Waals surface area contributed by atoms with Crippen LogP contribution in [0.5, 0.6) is 17.2 Å². The number of unbranched alkanes of at least 4 members (excludes halogenated alkanes) is 1. The van der Waals surface area contributed by atoms with E-state index in [1.54, 1.807) is 72.8 Å². The fraction of sp³-hybridized carbons (Fsp3) is 0.300. The smallest absolute Gasteiger partial charge is 0.410 e. The predicted octanol–water partition coefficient (Wildman–Crippen LogP) is 6.26. The lowest BCUT2D eigenvalue weighted by Crippen LogP contribution is -2.50. The number of hydrogen-bond acceptors (Lipinski definition) is 6. The maximum atomic E-state index is 12.6. The van der Waals surface area contributed by atoms with Crippen LogP contribution in [0.15, 0.2) is 91.0 Å². The number of benzene rings is 3. The average molecular weight is 534 g/mol. The Balaban J connectivity index is 1.58. The molecule has 9 nitrogen and oxygen atoms in total. The Labute approximate surface area is 228 Å². The van der Waals surface area contributed by atoms with Crippen molar-refractivity contribution in [2.45, 2.75) is 45.2 Å². The molecule has 39 heavy (non-hydrogen) atoms. The minimum absolute atomic E-state index is 0.0923. The van der Waals surface area contributed by atoms with Gasteiger partial charge in [-0.2, -0.15) is 0 Å². The van der Waals surface area contributed by atoms with Crippen LogP contribution in [0, 0.1) is 5.92 Å². The molecule has 3 aromatic rings. The van der Waals surface area contributed by atoms with Gasteiger partial charge in [0.05, 0.1) is 0 Å². The largest absolute Gasteiger partial charge is 0.414 e. The molecular weight excluding hydrogens is 498 g/mol. The molecule has 1 unspecified atom stereocenters. The van der Waals surface area contributed by atoms with Gasteiger partial charge in [0.1, 0.15) is 23.4 Å². The number of nitrogens with one attached hydrogen (secondary N) is 3. The second kappa shape index (κ2) is 16.3. The Morgan fingerprint density at radius 3 is 1.49 bits per heavy atom. The number of amides is 3. The van der Waals surface area contributed by atoms with Crippen LogP contribution in [0.25, 0.3) is 0 Å². The van der Waals surface area contributed by atoms with Crippen molar-refractivity contribution in [2.24, 2.45) is 5.92 Å². The van der Waals surface area contributed by atoms with E-state index in [4.69, 9.17) is 14.2 Å². The van der Waals surface area contributed by atoms with Gasteiger partial charge in [-0.15, -0.1) is 0 Å². The summed E-state index contributed by atoms with van der Waals surface area (Å²) in [6, 6.07) is 26.1. The van der Waals surface area contributed by atoms with Crippen molar-refractivity contribution in [3.63, 3.8) is 0 Å². The summed E-state index contributed by atoms with van der Waals surface area (Å²) < 4.78 is 16.0. The van der Waals surface area contributed by atoms with Crippen LogP contribution in [-0.2, 0) is 0 Å². The number of para-hydroxylation sites is 3. The summed E-state index contributed by atoms with van der Waals surface area (Å²) >= 11 is 0. The molecule has 0 radical (unpaired) electrons. The zero-order valence-electron chi connectivity index (χ0n) is 22.0. The summed E-state index contributed by atoms with van der Waals surface area (Å²) in [4.78, 5) is 37.4. The second-order valence-corrected chi connectivity index (χ2v) is 8.92. The third-order valence-electron chi connectivity index (χ3n) is 5.81. The highest BCUT2D eigenvalue weighted by Crippen LogP contribution is 2.17. The Morgan fingerprint density at radius 2 is 1.05 bits per heavy atom. The molecule has 0 fully saturated rings. The highest BCUT2D eigenvalue weighted by Gasteiger charge is 2.20. The van der Waals surface area contributed by atoms with E-state index in [1.807, 2.05) is 18.2 Å². The van der Waals surface area contributed by atoms with E-state index in [0.717, 1.165) is 19.3 Å². The van der Waals surface area contributed by atoms with Gasteiger partial charge in [-0.1, -0.05) is 74.4 Å². The van der Waals surface area contributed by atoms with E-state index in [9.17, 15) is 14.4 Å². The predicted molar refractivity (Wildman–Crippen MR) is 148 cm³/mol. The summed E-state index contributed by atoms with van der Waals surface area (Å²) in [6.07, 6.45) is 1.10. The van der Waals surface area contributed by atoms with E-state index >= 15 is 0 Å². The lowest BCUT2D eigenvalue weighted by Gasteiger charge is -2.23. The minimum atomic E-state index is -0.766. The summed E-state index contributed by atoms with van der Waals surface area (Å²) in [5.74, 6) is 1.31. The van der Waals surface area contributed by atoms with Crippen LogP contribution in [0.4, 0.5) is 14.4 Å². The third-order valence-corrected chi connectivity index (χ3v) is 5.81. The van der Waals surface area contributed by atoms with Gasteiger partial charge in [0, 0.05) is 6.54 Å². The molecule has 0 aliphatic carbocycles. The van der Waals surface area contributed by atoms with E-state index in [-0.39, 0.29) is 5.92 Å². The molecule has 3 amide bonds. The molecule has 0 aliphatic heterocycles. The third kappa shape index (κ3) is 11.6. The maximum Gasteiger partial charge on any atom is 0.414 e. The van der Waals surface area contributed by atoms with Gasteiger partial charge in [-0.3, -0.25) is 0 Å². The Hall–Kier alpha value is -4.53. The lowest BCUT2D eigenvalue weighted by atomic mass is 9.96. The van der Waals surface area contributed by atoms with Crippen LogP contribution in [0.2, 0.25) is 0 Å². The van der Waals surface area contributed by atoms with E-state index < -0.39 is 24.4 Å². The SMILES string of the molecule is CCCCC(CCC(NC(=O)Oc1ccccc1)NC(=O)Oc1ccccc1)CNC(=O)Oc1ccccc1. The maximum absolute atomic E-state index is 12.6. The van der Waals surface area contributed by atoms with Gasteiger partial charge in [-0.05, 0) is 61.6 Å². The van der Waals surface area contributed by atoms with Crippen molar-refractivity contribution in [3.8, 4) is 17.2 Å². The normalized spacial score (nSPS) is 11.2. The van der Waals surface area contributed by atoms with Crippen molar-refractivity contribution in [2.75, 3.05) is 6.54 Å². The number of rotatable bonds is 13. The van der Waals surface area contributed by atoms with Crippen LogP contribution >= 0.6 is 0 Å². The zero-order valence-corrected chi connectivity index (χ0v) is 22.0. The Bertz CT molecular complexity index is 1090. The number of hydrogen-bond donors (Lipinski definition) is 3. The molecule has 0 heterocycles. The van der Waals surface area contributed by atoms with Gasteiger partial charge in [0.15, 0.2) is 0 Å². The molecule has 9 heteroatoms. The first-order valence-electron chi connectivity index (χ1n) is 13.1. The molecule has 0 aromatic heterocycles. The van der Waals surface area contributed by atoms with E-state index in [1.165, 1.54) is 0 Å². The van der Waals surface area contributed by atoms with Crippen molar-refractivity contribution < 1.29 is 28.6 Å². The quantitative estimate of drug-likeness (QED) is 0.223. The van der Waals surface area contributed by atoms with Crippen LogP contribution < -0.4 is 30.2 Å². The van der Waals surface area contributed by atoms with Gasteiger partial charge in [0.2, 0.25) is 0 Å². The fourth-order valence-corrected chi connectivity index (χ4v) is 3.82. The highest BCUT2D eigenvalue weighted by molar-refractivity contribution is 5.74. The molecule has 0 bridgehead atoms. The molecule has 206 valence electrons. The summed E-state index contributed by atoms with van der Waals surface area (Å²) in [5, 5.41) is 8.24. The first-order chi connectivity index (χ1) is 19.0. The first-order valence-corrected chi connectivity index (χ1v) is 13.1. The topological polar surface area (TPSA) is 115 Å². The van der Waals surface area contributed by atoms with Crippen molar-refractivity contribution >= 4 is 18.3 Å². The first kappa shape index (κ1) is 29.0. The second-order valence-electron chi connectivity index (χ2n) is 8.92. The van der Waals surface area contributed by atoms with Crippen molar-refractivity contribution in [3.05, 3.63) is 91.0 Å². The minimum Gasteiger partial charge on any atom is -0.410 e. The molecule has 0 saturated heterocycles. The molecule has 1 atom stereocenters. The number of carbonyl (C=O) groups excluding carboxylic acids is 3. The molecule has 0 saturated carbocycles. The van der Waals surface area contributed by atoms with Gasteiger partial charge >= 0.3 is 18.3 Å². The van der Waals surface area contributed by atoms with Crippen molar-refractivity contribution in [1.82, 2.24) is 16.0 Å². The highest BCUT2D eigenvalue weighted by atomic mass is 16.6. The summed E-state index contributed by atoms with van der Waals surface area (Å²) in [6.45, 7) is 2.49. The van der Waals surface area contributed by atoms with Crippen molar-refractivity contribution in [1.29, 1.82) is 0 Å². The molecule has 0 aliphatic rings. The Morgan fingerprint density at radius 1 is 0.615 bits per heavy atom. The number of ether oxygens (including phenoxy) is 3. The van der Waals surface area contributed by atoms with Gasteiger partial charge < -0.3 is 30.2 Å². The fourth-order valence-electron chi connectivity index (χ4n) is 3.82. The lowest BCUT2D eigenvalue weighted by molar-refractivity contribution is 0.179. The average Bonchev–Trinajstić information content (AvgIpc) is 2.94. The molecular formula is C30H35N3O6.